The van der Waals surface area contributed by atoms with Gasteiger partial charge in [0.15, 0.2) is 0 Å². The van der Waals surface area contributed by atoms with Crippen LogP contribution in [0.1, 0.15) is 22.9 Å². The molecule has 0 spiro atoms. The minimum absolute atomic E-state index is 0.121. The summed E-state index contributed by atoms with van der Waals surface area (Å²) in [4.78, 5) is 16.2. The van der Waals surface area contributed by atoms with Gasteiger partial charge in [-0.05, 0) is 23.3 Å². The third-order valence-electron chi connectivity index (χ3n) is 3.59. The smallest absolute Gasteiger partial charge is 0.226 e. The Morgan fingerprint density at radius 1 is 1.25 bits per heavy atom. The molecule has 2 atom stereocenters. The minimum Gasteiger partial charge on any atom is -0.390 e. The van der Waals surface area contributed by atoms with E-state index in [-0.39, 0.29) is 18.4 Å². The Morgan fingerprint density at radius 2 is 2.05 bits per heavy atom. The molecule has 0 fully saturated rings. The quantitative estimate of drug-likeness (QED) is 0.884. The van der Waals surface area contributed by atoms with E-state index in [1.165, 1.54) is 0 Å². The number of carbonyl (C=O) groups is 1. The monoisotopic (exact) mass is 268 g/mol. The molecule has 0 saturated carbocycles. The van der Waals surface area contributed by atoms with Crippen LogP contribution < -0.4 is 5.32 Å². The number of hydrogen-bond donors (Lipinski definition) is 2. The molecule has 1 heterocycles. The zero-order valence-electron chi connectivity index (χ0n) is 11.0. The van der Waals surface area contributed by atoms with Crippen molar-refractivity contribution in [3.05, 3.63) is 65.5 Å². The molecule has 102 valence electrons. The number of aliphatic hydroxyl groups is 1. The second kappa shape index (κ2) is 5.43. The van der Waals surface area contributed by atoms with Crippen molar-refractivity contribution in [3.8, 4) is 0 Å². The largest absolute Gasteiger partial charge is 0.390 e. The molecule has 2 aromatic rings. The van der Waals surface area contributed by atoms with Gasteiger partial charge in [-0.25, -0.2) is 0 Å². The number of pyridine rings is 1. The third kappa shape index (κ3) is 2.56. The van der Waals surface area contributed by atoms with Crippen molar-refractivity contribution >= 4 is 5.91 Å². The average Bonchev–Trinajstić information content (AvgIpc) is 2.76. The Bertz CT molecular complexity index is 613. The molecule has 0 unspecified atom stereocenters. The van der Waals surface area contributed by atoms with Crippen molar-refractivity contribution in [3.63, 3.8) is 0 Å². The van der Waals surface area contributed by atoms with Crippen molar-refractivity contribution in [2.45, 2.75) is 25.0 Å². The lowest BCUT2D eigenvalue weighted by Gasteiger charge is -2.17. The molecule has 4 heteroatoms. The van der Waals surface area contributed by atoms with Gasteiger partial charge < -0.3 is 10.4 Å². The summed E-state index contributed by atoms with van der Waals surface area (Å²) in [5.41, 5.74) is 2.84. The van der Waals surface area contributed by atoms with Crippen molar-refractivity contribution < 1.29 is 9.90 Å². The van der Waals surface area contributed by atoms with Gasteiger partial charge in [0.1, 0.15) is 0 Å². The first-order valence-corrected chi connectivity index (χ1v) is 6.69. The van der Waals surface area contributed by atoms with Crippen molar-refractivity contribution in [2.75, 3.05) is 0 Å². The molecular weight excluding hydrogens is 252 g/mol. The lowest BCUT2D eigenvalue weighted by molar-refractivity contribution is -0.122. The summed E-state index contributed by atoms with van der Waals surface area (Å²) in [6.45, 7) is 0. The van der Waals surface area contributed by atoms with E-state index in [0.29, 0.717) is 6.42 Å². The second-order valence-electron chi connectivity index (χ2n) is 5.01. The highest BCUT2D eigenvalue weighted by atomic mass is 16.3. The SMILES string of the molecule is O=C(Cc1ccccn1)N[C@@H]1c2ccccc2C[C@@H]1O. The molecule has 20 heavy (non-hydrogen) atoms. The predicted molar refractivity (Wildman–Crippen MR) is 75.0 cm³/mol. The zero-order valence-corrected chi connectivity index (χ0v) is 11.0. The minimum atomic E-state index is -0.555. The van der Waals surface area contributed by atoms with Gasteiger partial charge >= 0.3 is 0 Å². The molecule has 1 amide bonds. The van der Waals surface area contributed by atoms with E-state index >= 15 is 0 Å². The van der Waals surface area contributed by atoms with E-state index in [2.05, 4.69) is 10.3 Å². The van der Waals surface area contributed by atoms with Crippen molar-refractivity contribution in [1.82, 2.24) is 10.3 Å². The van der Waals surface area contributed by atoms with Crippen LogP contribution in [0.25, 0.3) is 0 Å². The number of aliphatic hydroxyl groups excluding tert-OH is 1. The first-order valence-electron chi connectivity index (χ1n) is 6.69. The fraction of sp³-hybridized carbons (Fsp3) is 0.250. The highest BCUT2D eigenvalue weighted by Crippen LogP contribution is 2.31. The van der Waals surface area contributed by atoms with Crippen LogP contribution in [-0.4, -0.2) is 22.1 Å². The van der Waals surface area contributed by atoms with E-state index in [9.17, 15) is 9.90 Å². The van der Waals surface area contributed by atoms with Gasteiger partial charge in [0, 0.05) is 18.3 Å². The topological polar surface area (TPSA) is 62.2 Å². The van der Waals surface area contributed by atoms with E-state index in [0.717, 1.165) is 16.8 Å². The summed E-state index contributed by atoms with van der Waals surface area (Å²) in [6.07, 6.45) is 1.93. The van der Waals surface area contributed by atoms with Crippen LogP contribution in [-0.2, 0) is 17.6 Å². The molecule has 2 N–H and O–H groups in total. The first-order chi connectivity index (χ1) is 9.74. The lowest BCUT2D eigenvalue weighted by Crippen LogP contribution is -2.34. The molecule has 3 rings (SSSR count). The maximum atomic E-state index is 12.1. The van der Waals surface area contributed by atoms with Crippen LogP contribution in [0.3, 0.4) is 0 Å². The van der Waals surface area contributed by atoms with Gasteiger partial charge in [0.2, 0.25) is 5.91 Å². The van der Waals surface area contributed by atoms with Gasteiger partial charge in [0.25, 0.3) is 0 Å². The number of aromatic nitrogens is 1. The number of amides is 1. The molecular formula is C16H16N2O2. The van der Waals surface area contributed by atoms with Crippen LogP contribution in [0.4, 0.5) is 0 Å². The predicted octanol–water partition coefficient (Wildman–Crippen LogP) is 1.40. The van der Waals surface area contributed by atoms with Crippen LogP contribution in [0.2, 0.25) is 0 Å². The van der Waals surface area contributed by atoms with E-state index in [1.54, 1.807) is 6.20 Å². The third-order valence-corrected chi connectivity index (χ3v) is 3.59. The highest BCUT2D eigenvalue weighted by molar-refractivity contribution is 5.78. The maximum absolute atomic E-state index is 12.1. The Balaban J connectivity index is 1.70. The standard InChI is InChI=1S/C16H16N2O2/c19-14-9-11-5-1-2-7-13(11)16(14)18-15(20)10-12-6-3-4-8-17-12/h1-8,14,16,19H,9-10H2,(H,18,20)/t14-,16+/m0/s1. The summed E-state index contributed by atoms with van der Waals surface area (Å²) in [7, 11) is 0. The van der Waals surface area contributed by atoms with E-state index < -0.39 is 6.10 Å². The van der Waals surface area contributed by atoms with E-state index in [1.807, 2.05) is 42.5 Å². The Hall–Kier alpha value is -2.20. The normalized spacial score (nSPS) is 20.4. The second-order valence-corrected chi connectivity index (χ2v) is 5.01. The molecule has 0 radical (unpaired) electrons. The van der Waals surface area contributed by atoms with Gasteiger partial charge in [0.05, 0.1) is 18.6 Å². The van der Waals surface area contributed by atoms with Crippen molar-refractivity contribution in [1.29, 1.82) is 0 Å². The van der Waals surface area contributed by atoms with Crippen LogP contribution in [0.5, 0.6) is 0 Å². The average molecular weight is 268 g/mol. The van der Waals surface area contributed by atoms with Crippen molar-refractivity contribution in [2.24, 2.45) is 0 Å². The van der Waals surface area contributed by atoms with E-state index in [4.69, 9.17) is 0 Å². The number of carbonyl (C=O) groups excluding carboxylic acids is 1. The Labute approximate surface area is 117 Å². The molecule has 4 nitrogen and oxygen atoms in total. The van der Waals surface area contributed by atoms with Gasteiger partial charge in [-0.2, -0.15) is 0 Å². The van der Waals surface area contributed by atoms with Crippen LogP contribution in [0, 0.1) is 0 Å². The number of hydrogen-bond acceptors (Lipinski definition) is 3. The first kappa shape index (κ1) is 12.8. The molecule has 0 saturated heterocycles. The summed E-state index contributed by atoms with van der Waals surface area (Å²) in [5.74, 6) is -0.121. The number of benzene rings is 1. The Kier molecular flexibility index (Phi) is 3.48. The lowest BCUT2D eigenvalue weighted by atomic mass is 10.1. The number of rotatable bonds is 3. The van der Waals surface area contributed by atoms with Gasteiger partial charge in [-0.3, -0.25) is 9.78 Å². The fourth-order valence-corrected chi connectivity index (χ4v) is 2.64. The summed E-state index contributed by atoms with van der Waals surface area (Å²) in [5, 5.41) is 13.0. The summed E-state index contributed by atoms with van der Waals surface area (Å²) >= 11 is 0. The number of nitrogens with zero attached hydrogens (tertiary/aromatic N) is 1. The molecule has 0 aliphatic heterocycles. The molecule has 1 aliphatic rings. The molecule has 1 aliphatic carbocycles. The number of nitrogens with one attached hydrogen (secondary N) is 1. The van der Waals surface area contributed by atoms with Gasteiger partial charge in [-0.1, -0.05) is 30.3 Å². The number of fused-ring (bicyclic) bond motifs is 1. The zero-order chi connectivity index (χ0) is 13.9. The molecule has 1 aromatic heterocycles. The van der Waals surface area contributed by atoms with Crippen LogP contribution in [0.15, 0.2) is 48.7 Å². The Morgan fingerprint density at radius 3 is 2.85 bits per heavy atom. The molecule has 1 aromatic carbocycles. The van der Waals surface area contributed by atoms with Gasteiger partial charge in [-0.15, -0.1) is 0 Å². The fourth-order valence-electron chi connectivity index (χ4n) is 2.64. The summed E-state index contributed by atoms with van der Waals surface area (Å²) < 4.78 is 0. The maximum Gasteiger partial charge on any atom is 0.226 e. The van der Waals surface area contributed by atoms with Crippen LogP contribution >= 0.6 is 0 Å². The highest BCUT2D eigenvalue weighted by Gasteiger charge is 2.31. The summed E-state index contributed by atoms with van der Waals surface area (Å²) in [6, 6.07) is 13.0. The molecule has 0 bridgehead atoms.